The molecule has 0 amide bonds. The molecule has 0 atom stereocenters. The van der Waals surface area contributed by atoms with Crippen LogP contribution in [0, 0.1) is 5.92 Å². The molecule has 0 aromatic carbocycles. The largest absolute Gasteiger partial charge is 0.381 e. The minimum atomic E-state index is 0.490. The molecule has 0 spiro atoms. The van der Waals surface area contributed by atoms with Gasteiger partial charge in [0, 0.05) is 26.3 Å². The SMILES string of the molecule is COC1CC(NCCOCCC(C)C)C1. The molecule has 1 fully saturated rings. The monoisotopic (exact) mass is 215 g/mol. The maximum absolute atomic E-state index is 5.52. The van der Waals surface area contributed by atoms with Gasteiger partial charge in [-0.25, -0.2) is 0 Å². The van der Waals surface area contributed by atoms with Crippen molar-refractivity contribution in [1.82, 2.24) is 5.32 Å². The van der Waals surface area contributed by atoms with Gasteiger partial charge in [-0.15, -0.1) is 0 Å². The molecular formula is C12H25NO2. The van der Waals surface area contributed by atoms with Gasteiger partial charge in [-0.3, -0.25) is 0 Å². The average molecular weight is 215 g/mol. The predicted molar refractivity (Wildman–Crippen MR) is 62.1 cm³/mol. The van der Waals surface area contributed by atoms with Crippen LogP contribution in [0.4, 0.5) is 0 Å². The number of methoxy groups -OCH3 is 1. The number of rotatable bonds is 8. The molecule has 0 saturated heterocycles. The van der Waals surface area contributed by atoms with Gasteiger partial charge >= 0.3 is 0 Å². The van der Waals surface area contributed by atoms with E-state index in [1.54, 1.807) is 7.11 Å². The molecule has 1 N–H and O–H groups in total. The Morgan fingerprint density at radius 3 is 2.60 bits per heavy atom. The Balaban J connectivity index is 1.78. The summed E-state index contributed by atoms with van der Waals surface area (Å²) in [5.41, 5.74) is 0. The van der Waals surface area contributed by atoms with E-state index in [0.717, 1.165) is 44.9 Å². The van der Waals surface area contributed by atoms with Crippen molar-refractivity contribution in [2.45, 2.75) is 45.3 Å². The maximum Gasteiger partial charge on any atom is 0.0601 e. The summed E-state index contributed by atoms with van der Waals surface area (Å²) < 4.78 is 10.7. The number of nitrogens with one attached hydrogen (secondary N) is 1. The third-order valence-electron chi connectivity index (χ3n) is 2.95. The van der Waals surface area contributed by atoms with Crippen LogP contribution in [-0.2, 0) is 9.47 Å². The van der Waals surface area contributed by atoms with E-state index in [1.165, 1.54) is 0 Å². The van der Waals surface area contributed by atoms with Gasteiger partial charge in [-0.2, -0.15) is 0 Å². The summed E-state index contributed by atoms with van der Waals surface area (Å²) in [6.07, 6.45) is 3.96. The lowest BCUT2D eigenvalue weighted by atomic mass is 9.89. The minimum Gasteiger partial charge on any atom is -0.381 e. The van der Waals surface area contributed by atoms with E-state index >= 15 is 0 Å². The van der Waals surface area contributed by atoms with Crippen molar-refractivity contribution < 1.29 is 9.47 Å². The molecule has 1 saturated carbocycles. The van der Waals surface area contributed by atoms with Crippen LogP contribution in [0.3, 0.4) is 0 Å². The average Bonchev–Trinajstić information content (AvgIpc) is 2.13. The van der Waals surface area contributed by atoms with Crippen LogP contribution in [0.25, 0.3) is 0 Å². The van der Waals surface area contributed by atoms with Gasteiger partial charge < -0.3 is 14.8 Å². The molecule has 0 aliphatic heterocycles. The number of hydrogen-bond acceptors (Lipinski definition) is 3. The highest BCUT2D eigenvalue weighted by atomic mass is 16.5. The standard InChI is InChI=1S/C12H25NO2/c1-10(2)4-6-15-7-5-13-11-8-12(9-11)14-3/h10-13H,4-9H2,1-3H3. The topological polar surface area (TPSA) is 30.5 Å². The van der Waals surface area contributed by atoms with Crippen LogP contribution in [0.15, 0.2) is 0 Å². The van der Waals surface area contributed by atoms with Gasteiger partial charge in [0.2, 0.25) is 0 Å². The molecule has 1 rings (SSSR count). The fourth-order valence-electron chi connectivity index (χ4n) is 1.68. The Bertz CT molecular complexity index is 156. The predicted octanol–water partition coefficient (Wildman–Crippen LogP) is 1.82. The van der Waals surface area contributed by atoms with Gasteiger partial charge in [-0.05, 0) is 25.2 Å². The summed E-state index contributed by atoms with van der Waals surface area (Å²) in [6.45, 7) is 7.15. The fourth-order valence-corrected chi connectivity index (χ4v) is 1.68. The third-order valence-corrected chi connectivity index (χ3v) is 2.95. The van der Waals surface area contributed by atoms with E-state index in [0.29, 0.717) is 12.1 Å². The first-order chi connectivity index (χ1) is 7.22. The second-order valence-electron chi connectivity index (χ2n) is 4.78. The zero-order valence-electron chi connectivity index (χ0n) is 10.3. The highest BCUT2D eigenvalue weighted by Crippen LogP contribution is 2.21. The van der Waals surface area contributed by atoms with E-state index in [2.05, 4.69) is 19.2 Å². The zero-order valence-corrected chi connectivity index (χ0v) is 10.3. The molecule has 1 aliphatic carbocycles. The third kappa shape index (κ3) is 5.50. The summed E-state index contributed by atoms with van der Waals surface area (Å²) in [6, 6.07) is 0.656. The summed E-state index contributed by atoms with van der Waals surface area (Å²) in [5.74, 6) is 0.743. The van der Waals surface area contributed by atoms with Gasteiger partial charge in [-0.1, -0.05) is 13.8 Å². The molecule has 0 unspecified atom stereocenters. The zero-order chi connectivity index (χ0) is 11.1. The highest BCUT2D eigenvalue weighted by Gasteiger charge is 2.27. The summed E-state index contributed by atoms with van der Waals surface area (Å²) in [5, 5.41) is 3.47. The molecule has 0 bridgehead atoms. The Kier molecular flexibility index (Phi) is 6.22. The first-order valence-corrected chi connectivity index (χ1v) is 6.06. The van der Waals surface area contributed by atoms with Crippen LogP contribution in [0.2, 0.25) is 0 Å². The highest BCUT2D eigenvalue weighted by molar-refractivity contribution is 4.85. The lowest BCUT2D eigenvalue weighted by Crippen LogP contribution is -2.46. The van der Waals surface area contributed by atoms with Crippen molar-refractivity contribution in [2.75, 3.05) is 26.9 Å². The number of hydrogen-bond donors (Lipinski definition) is 1. The molecule has 90 valence electrons. The van der Waals surface area contributed by atoms with Crippen molar-refractivity contribution in [2.24, 2.45) is 5.92 Å². The van der Waals surface area contributed by atoms with Crippen LogP contribution in [0.5, 0.6) is 0 Å². The molecule has 15 heavy (non-hydrogen) atoms. The lowest BCUT2D eigenvalue weighted by Gasteiger charge is -2.34. The van der Waals surface area contributed by atoms with Gasteiger partial charge in [0.25, 0.3) is 0 Å². The van der Waals surface area contributed by atoms with E-state index in [1.807, 2.05) is 0 Å². The smallest absolute Gasteiger partial charge is 0.0601 e. The maximum atomic E-state index is 5.52. The van der Waals surface area contributed by atoms with E-state index in [-0.39, 0.29) is 0 Å². The lowest BCUT2D eigenvalue weighted by molar-refractivity contribution is 0.0147. The van der Waals surface area contributed by atoms with Crippen molar-refractivity contribution in [3.8, 4) is 0 Å². The molecule has 0 aromatic heterocycles. The van der Waals surface area contributed by atoms with Crippen LogP contribution >= 0.6 is 0 Å². The van der Waals surface area contributed by atoms with E-state index in [9.17, 15) is 0 Å². The minimum absolute atomic E-state index is 0.490. The normalized spacial score (nSPS) is 25.6. The van der Waals surface area contributed by atoms with Gasteiger partial charge in [0.1, 0.15) is 0 Å². The fraction of sp³-hybridized carbons (Fsp3) is 1.00. The van der Waals surface area contributed by atoms with Gasteiger partial charge in [0.05, 0.1) is 12.7 Å². The molecule has 3 nitrogen and oxygen atoms in total. The van der Waals surface area contributed by atoms with Crippen molar-refractivity contribution in [1.29, 1.82) is 0 Å². The Morgan fingerprint density at radius 1 is 1.27 bits per heavy atom. The first kappa shape index (κ1) is 12.9. The molecule has 3 heteroatoms. The van der Waals surface area contributed by atoms with Gasteiger partial charge in [0.15, 0.2) is 0 Å². The molecule has 0 radical (unpaired) electrons. The Hall–Kier alpha value is -0.120. The Labute approximate surface area is 93.5 Å². The quantitative estimate of drug-likeness (QED) is 0.626. The van der Waals surface area contributed by atoms with Crippen molar-refractivity contribution in [3.05, 3.63) is 0 Å². The van der Waals surface area contributed by atoms with Crippen LogP contribution in [0.1, 0.15) is 33.1 Å². The summed E-state index contributed by atoms with van der Waals surface area (Å²) in [7, 11) is 1.79. The number of ether oxygens (including phenoxy) is 2. The van der Waals surface area contributed by atoms with Crippen LogP contribution < -0.4 is 5.32 Å². The molecule has 0 heterocycles. The molecule has 1 aliphatic rings. The Morgan fingerprint density at radius 2 is 2.00 bits per heavy atom. The second-order valence-corrected chi connectivity index (χ2v) is 4.78. The summed E-state index contributed by atoms with van der Waals surface area (Å²) in [4.78, 5) is 0. The van der Waals surface area contributed by atoms with E-state index in [4.69, 9.17) is 9.47 Å². The summed E-state index contributed by atoms with van der Waals surface area (Å²) >= 11 is 0. The first-order valence-electron chi connectivity index (χ1n) is 6.06. The van der Waals surface area contributed by atoms with Crippen molar-refractivity contribution in [3.63, 3.8) is 0 Å². The van der Waals surface area contributed by atoms with E-state index < -0.39 is 0 Å². The van der Waals surface area contributed by atoms with Crippen LogP contribution in [-0.4, -0.2) is 39.0 Å². The second kappa shape index (κ2) is 7.20. The molecule has 0 aromatic rings. The molecular weight excluding hydrogens is 190 g/mol. The van der Waals surface area contributed by atoms with Crippen molar-refractivity contribution >= 4 is 0 Å².